The van der Waals surface area contributed by atoms with E-state index in [1.54, 1.807) is 18.3 Å². The van der Waals surface area contributed by atoms with E-state index in [0.717, 1.165) is 78.0 Å². The van der Waals surface area contributed by atoms with E-state index in [1.807, 2.05) is 56.3 Å². The van der Waals surface area contributed by atoms with Gasteiger partial charge in [-0.3, -0.25) is 9.88 Å². The minimum Gasteiger partial charge on any atom is -0.435 e. The lowest BCUT2D eigenvalue weighted by Gasteiger charge is -2.17. The predicted molar refractivity (Wildman–Crippen MR) is 196 cm³/mol. The number of alkyl halides is 3. The van der Waals surface area contributed by atoms with Gasteiger partial charge in [0.25, 0.3) is 0 Å². The van der Waals surface area contributed by atoms with Gasteiger partial charge in [0.2, 0.25) is 11.7 Å². The smallest absolute Gasteiger partial charge is 0.435 e. The molecular weight excluding hydrogens is 665 g/mol. The first kappa shape index (κ1) is 35.0. The third-order valence-corrected chi connectivity index (χ3v) is 9.60. The van der Waals surface area contributed by atoms with Crippen LogP contribution in [0.4, 0.5) is 24.7 Å². The van der Waals surface area contributed by atoms with Gasteiger partial charge in [-0.2, -0.15) is 18.4 Å². The summed E-state index contributed by atoms with van der Waals surface area (Å²) >= 11 is 0. The maximum absolute atomic E-state index is 14.0. The molecule has 266 valence electrons. The van der Waals surface area contributed by atoms with E-state index in [0.29, 0.717) is 34.8 Å². The van der Waals surface area contributed by atoms with Gasteiger partial charge >= 0.3 is 6.18 Å². The van der Waals surface area contributed by atoms with Crippen LogP contribution in [0.2, 0.25) is 0 Å². The number of hydrogen-bond donors (Lipinski definition) is 2. The van der Waals surface area contributed by atoms with Gasteiger partial charge < -0.3 is 15.1 Å². The Hall–Kier alpha value is -5.38. The predicted octanol–water partition coefficient (Wildman–Crippen LogP) is 9.24. The van der Waals surface area contributed by atoms with Crippen LogP contribution in [0.1, 0.15) is 66.2 Å². The summed E-state index contributed by atoms with van der Waals surface area (Å²) in [5.41, 5.74) is 8.49. The third kappa shape index (κ3) is 7.20. The van der Waals surface area contributed by atoms with Gasteiger partial charge in [-0.1, -0.05) is 37.6 Å². The van der Waals surface area contributed by atoms with Crippen LogP contribution in [0.25, 0.3) is 44.7 Å². The number of unbranched alkanes of at least 4 members (excludes halogenated alkanes) is 1. The minimum absolute atomic E-state index is 0.0302. The summed E-state index contributed by atoms with van der Waals surface area (Å²) < 4.78 is 48.3. The first-order chi connectivity index (χ1) is 25.1. The maximum Gasteiger partial charge on any atom is 0.451 e. The molecule has 0 unspecified atom stereocenters. The molecule has 1 saturated heterocycles. The standard InChI is InChI=1S/C40H39F3N8O/c1-4-5-14-45-21-27-19-33-35(46-22-27)37(50-39(49-33)40(41,42)43)47-32-13-9-11-30(25(32)3)29-10-8-12-31(24(29)2)38-48-34-18-26(23-51-15-6-7-16-51)17-28(20-44)36(34)52-38/h8-13,17-19,22,45H,4-7,14-16,21,23H2,1-3H3,(H,47,49,50). The topological polar surface area (TPSA) is 116 Å². The molecule has 2 N–H and O–H groups in total. The molecule has 4 heterocycles. The monoisotopic (exact) mass is 704 g/mol. The number of benzene rings is 3. The van der Waals surface area contributed by atoms with Crippen molar-refractivity contribution in [1.29, 1.82) is 5.26 Å². The van der Waals surface area contributed by atoms with E-state index in [-0.39, 0.29) is 16.9 Å². The summed E-state index contributed by atoms with van der Waals surface area (Å²) in [4.78, 5) is 19.5. The summed E-state index contributed by atoms with van der Waals surface area (Å²) in [6.07, 6.45) is 1.29. The number of oxazole rings is 1. The first-order valence-corrected chi connectivity index (χ1v) is 17.6. The highest BCUT2D eigenvalue weighted by Gasteiger charge is 2.36. The zero-order chi connectivity index (χ0) is 36.4. The minimum atomic E-state index is -4.75. The summed E-state index contributed by atoms with van der Waals surface area (Å²) in [5, 5.41) is 16.4. The second kappa shape index (κ2) is 14.7. The second-order valence-electron chi connectivity index (χ2n) is 13.3. The largest absolute Gasteiger partial charge is 0.451 e. The highest BCUT2D eigenvalue weighted by atomic mass is 19.4. The highest BCUT2D eigenvalue weighted by molar-refractivity contribution is 5.90. The lowest BCUT2D eigenvalue weighted by molar-refractivity contribution is -0.144. The number of likely N-dealkylation sites (tertiary alicyclic amines) is 1. The summed E-state index contributed by atoms with van der Waals surface area (Å²) in [6.45, 7) is 10.1. The van der Waals surface area contributed by atoms with E-state index in [2.05, 4.69) is 43.5 Å². The molecule has 6 aromatic rings. The third-order valence-electron chi connectivity index (χ3n) is 9.60. The van der Waals surface area contributed by atoms with E-state index in [4.69, 9.17) is 9.40 Å². The molecule has 52 heavy (non-hydrogen) atoms. The molecule has 1 aliphatic rings. The number of fused-ring (bicyclic) bond motifs is 2. The highest BCUT2D eigenvalue weighted by Crippen LogP contribution is 2.38. The van der Waals surface area contributed by atoms with Crippen LogP contribution in [0.3, 0.4) is 0 Å². The lowest BCUT2D eigenvalue weighted by atomic mass is 9.93. The molecule has 1 fully saturated rings. The Kier molecular flexibility index (Phi) is 9.90. The molecule has 0 saturated carbocycles. The summed E-state index contributed by atoms with van der Waals surface area (Å²) in [6, 6.07) is 19.3. The molecular formula is C40H39F3N8O. The Balaban J connectivity index is 1.22. The Bertz CT molecular complexity index is 2300. The van der Waals surface area contributed by atoms with Gasteiger partial charge in [-0.05, 0) is 116 Å². The van der Waals surface area contributed by atoms with Crippen molar-refractivity contribution in [3.8, 4) is 28.7 Å². The molecule has 0 radical (unpaired) electrons. The zero-order valence-corrected chi connectivity index (χ0v) is 29.4. The molecule has 0 spiro atoms. The molecule has 9 nitrogen and oxygen atoms in total. The molecule has 0 atom stereocenters. The SMILES string of the molecule is CCCCNCc1cnc2c(Nc3cccc(-c4cccc(-c5nc6cc(CN7CCCC7)cc(C#N)c6o5)c4C)c3C)nc(C(F)(F)F)nc2c1. The number of nitrogens with one attached hydrogen (secondary N) is 2. The van der Waals surface area contributed by atoms with Crippen LogP contribution in [0.5, 0.6) is 0 Å². The number of pyridine rings is 1. The van der Waals surface area contributed by atoms with E-state index < -0.39 is 12.0 Å². The Morgan fingerprint density at radius 3 is 2.38 bits per heavy atom. The summed E-state index contributed by atoms with van der Waals surface area (Å²) in [5.74, 6) is -0.856. The van der Waals surface area contributed by atoms with Crippen molar-refractivity contribution in [2.75, 3.05) is 25.0 Å². The van der Waals surface area contributed by atoms with Crippen molar-refractivity contribution in [3.05, 3.63) is 94.4 Å². The molecule has 12 heteroatoms. The van der Waals surface area contributed by atoms with Crippen LogP contribution in [-0.4, -0.2) is 44.5 Å². The van der Waals surface area contributed by atoms with Crippen molar-refractivity contribution in [2.45, 2.75) is 65.7 Å². The number of halogens is 3. The maximum atomic E-state index is 14.0. The Labute approximate surface area is 299 Å². The average molecular weight is 705 g/mol. The van der Waals surface area contributed by atoms with Crippen LogP contribution in [0.15, 0.2) is 65.2 Å². The van der Waals surface area contributed by atoms with Gasteiger partial charge in [-0.25, -0.2) is 15.0 Å². The van der Waals surface area contributed by atoms with Crippen LogP contribution in [0, 0.1) is 25.2 Å². The summed E-state index contributed by atoms with van der Waals surface area (Å²) in [7, 11) is 0. The lowest BCUT2D eigenvalue weighted by Crippen LogP contribution is -2.18. The number of anilines is 2. The number of hydrogen-bond acceptors (Lipinski definition) is 9. The van der Waals surface area contributed by atoms with Crippen molar-refractivity contribution in [1.82, 2.24) is 30.2 Å². The number of nitriles is 1. The number of rotatable bonds is 11. The Morgan fingerprint density at radius 2 is 1.63 bits per heavy atom. The molecule has 1 aliphatic heterocycles. The fraction of sp³-hybridized carbons (Fsp3) is 0.325. The molecule has 0 aliphatic carbocycles. The normalized spacial score (nSPS) is 13.6. The van der Waals surface area contributed by atoms with Gasteiger partial charge in [0.05, 0.1) is 11.1 Å². The van der Waals surface area contributed by atoms with Crippen LogP contribution < -0.4 is 10.6 Å². The second-order valence-corrected chi connectivity index (χ2v) is 13.3. The van der Waals surface area contributed by atoms with Crippen molar-refractivity contribution in [3.63, 3.8) is 0 Å². The first-order valence-electron chi connectivity index (χ1n) is 17.6. The number of nitrogens with zero attached hydrogens (tertiary/aromatic N) is 6. The van der Waals surface area contributed by atoms with Crippen LogP contribution in [-0.2, 0) is 19.3 Å². The van der Waals surface area contributed by atoms with Gasteiger partial charge in [-0.15, -0.1) is 0 Å². The molecule has 0 amide bonds. The molecule has 0 bridgehead atoms. The van der Waals surface area contributed by atoms with Crippen LogP contribution >= 0.6 is 0 Å². The van der Waals surface area contributed by atoms with Gasteiger partial charge in [0, 0.05) is 30.5 Å². The quantitative estimate of drug-likeness (QED) is 0.127. The van der Waals surface area contributed by atoms with Crippen molar-refractivity contribution in [2.24, 2.45) is 0 Å². The Morgan fingerprint density at radius 1 is 0.904 bits per heavy atom. The van der Waals surface area contributed by atoms with Crippen molar-refractivity contribution >= 4 is 33.6 Å². The van der Waals surface area contributed by atoms with E-state index >= 15 is 0 Å². The fourth-order valence-electron chi connectivity index (χ4n) is 6.83. The van der Waals surface area contributed by atoms with E-state index in [1.165, 1.54) is 12.8 Å². The van der Waals surface area contributed by atoms with Crippen molar-refractivity contribution < 1.29 is 17.6 Å². The average Bonchev–Trinajstić information content (AvgIpc) is 3.80. The number of aromatic nitrogens is 4. The van der Waals surface area contributed by atoms with E-state index in [9.17, 15) is 18.4 Å². The van der Waals surface area contributed by atoms with Gasteiger partial charge in [0.15, 0.2) is 11.4 Å². The zero-order valence-electron chi connectivity index (χ0n) is 29.4. The van der Waals surface area contributed by atoms with Gasteiger partial charge in [0.1, 0.15) is 17.1 Å². The molecule has 7 rings (SSSR count). The fourth-order valence-corrected chi connectivity index (χ4v) is 6.83. The molecule has 3 aromatic heterocycles. The molecule has 3 aromatic carbocycles.